The molecule has 1 fully saturated rings. The second-order valence-electron chi connectivity index (χ2n) is 5.87. The van der Waals surface area contributed by atoms with Gasteiger partial charge in [-0.05, 0) is 32.1 Å². The van der Waals surface area contributed by atoms with Gasteiger partial charge in [-0.15, -0.1) is 34.2 Å². The molecule has 1 aliphatic rings. The summed E-state index contributed by atoms with van der Waals surface area (Å²) >= 11 is 0. The van der Waals surface area contributed by atoms with Gasteiger partial charge in [0.15, 0.2) is 11.8 Å². The van der Waals surface area contributed by atoms with Crippen LogP contribution in [0.2, 0.25) is 0 Å². The van der Waals surface area contributed by atoms with Gasteiger partial charge in [-0.25, -0.2) is 0 Å². The Balaban J connectivity index is 0.00000312. The summed E-state index contributed by atoms with van der Waals surface area (Å²) in [6, 6.07) is 0. The van der Waals surface area contributed by atoms with Crippen molar-refractivity contribution in [3.8, 4) is 0 Å². The van der Waals surface area contributed by atoms with Gasteiger partial charge >= 0.3 is 0 Å². The summed E-state index contributed by atoms with van der Waals surface area (Å²) in [5.41, 5.74) is 0. The second-order valence-corrected chi connectivity index (χ2v) is 5.87. The highest BCUT2D eigenvalue weighted by Crippen LogP contribution is 2.14. The molecule has 0 aromatic carbocycles. The van der Waals surface area contributed by atoms with Crippen molar-refractivity contribution < 1.29 is 9.47 Å². The smallest absolute Gasteiger partial charge is 0.191 e. The van der Waals surface area contributed by atoms with Crippen molar-refractivity contribution >= 4 is 29.9 Å². The number of aromatic nitrogens is 3. The van der Waals surface area contributed by atoms with Crippen LogP contribution in [0.5, 0.6) is 0 Å². The Hall–Kier alpha value is -0.940. The van der Waals surface area contributed by atoms with Gasteiger partial charge < -0.3 is 24.7 Å². The number of ether oxygens (including phenoxy) is 2. The van der Waals surface area contributed by atoms with Gasteiger partial charge in [0.25, 0.3) is 0 Å². The quantitative estimate of drug-likeness (QED) is 0.248. The number of hydrogen-bond donors (Lipinski definition) is 2. The molecular weight excluding hydrogens is 435 g/mol. The standard InChI is InChI=1S/C16H30N6O2.HI/c1-3-22-13-20-21-15(22)11-19-16(17-2)18-7-4-8-24-12-14-5-9-23-10-6-14;/h13-14H,3-12H2,1-2H3,(H2,17,18,19);1H. The molecule has 0 atom stereocenters. The van der Waals surface area contributed by atoms with Gasteiger partial charge in [0.2, 0.25) is 0 Å². The number of nitrogens with one attached hydrogen (secondary N) is 2. The predicted octanol–water partition coefficient (Wildman–Crippen LogP) is 1.41. The molecule has 25 heavy (non-hydrogen) atoms. The number of guanidine groups is 1. The van der Waals surface area contributed by atoms with E-state index >= 15 is 0 Å². The van der Waals surface area contributed by atoms with Crippen LogP contribution in [0.25, 0.3) is 0 Å². The second kappa shape index (κ2) is 13.3. The van der Waals surface area contributed by atoms with E-state index in [1.54, 1.807) is 13.4 Å². The third kappa shape index (κ3) is 8.32. The zero-order valence-corrected chi connectivity index (χ0v) is 17.6. The molecule has 1 aromatic rings. The summed E-state index contributed by atoms with van der Waals surface area (Å²) in [6.07, 6.45) is 4.94. The molecule has 144 valence electrons. The molecule has 2 rings (SSSR count). The highest BCUT2D eigenvalue weighted by Gasteiger charge is 2.13. The molecule has 1 aliphatic heterocycles. The topological polar surface area (TPSA) is 85.6 Å². The van der Waals surface area contributed by atoms with Crippen molar-refractivity contribution in [1.29, 1.82) is 0 Å². The first-order valence-corrected chi connectivity index (χ1v) is 8.80. The molecule has 2 N–H and O–H groups in total. The maximum atomic E-state index is 5.76. The van der Waals surface area contributed by atoms with Crippen molar-refractivity contribution in [2.24, 2.45) is 10.9 Å². The molecular formula is C16H31IN6O2. The zero-order valence-electron chi connectivity index (χ0n) is 15.2. The predicted molar refractivity (Wildman–Crippen MR) is 108 cm³/mol. The Labute approximate surface area is 167 Å². The first-order chi connectivity index (χ1) is 11.8. The normalized spacial score (nSPS) is 15.7. The highest BCUT2D eigenvalue weighted by atomic mass is 127. The summed E-state index contributed by atoms with van der Waals surface area (Å²) in [6.45, 7) is 7.74. The Morgan fingerprint density at radius 2 is 2.20 bits per heavy atom. The molecule has 8 nitrogen and oxygen atoms in total. The van der Waals surface area contributed by atoms with E-state index in [1.165, 1.54) is 0 Å². The number of nitrogens with zero attached hydrogens (tertiary/aromatic N) is 4. The van der Waals surface area contributed by atoms with Gasteiger partial charge in [-0.3, -0.25) is 4.99 Å². The minimum atomic E-state index is 0. The molecule has 0 unspecified atom stereocenters. The van der Waals surface area contributed by atoms with Gasteiger partial charge in [0, 0.05) is 46.6 Å². The van der Waals surface area contributed by atoms with E-state index in [2.05, 4.69) is 32.7 Å². The van der Waals surface area contributed by atoms with Crippen molar-refractivity contribution in [2.75, 3.05) is 40.0 Å². The van der Waals surface area contributed by atoms with Crippen molar-refractivity contribution in [2.45, 2.75) is 39.3 Å². The van der Waals surface area contributed by atoms with E-state index in [1.807, 2.05) is 4.57 Å². The maximum absolute atomic E-state index is 5.76. The fourth-order valence-corrected chi connectivity index (χ4v) is 2.61. The summed E-state index contributed by atoms with van der Waals surface area (Å²) < 4.78 is 13.1. The van der Waals surface area contributed by atoms with E-state index in [4.69, 9.17) is 9.47 Å². The Morgan fingerprint density at radius 1 is 1.40 bits per heavy atom. The molecule has 1 aromatic heterocycles. The maximum Gasteiger partial charge on any atom is 0.191 e. The average Bonchev–Trinajstić information content (AvgIpc) is 3.09. The van der Waals surface area contributed by atoms with Gasteiger partial charge in [0.05, 0.1) is 6.54 Å². The molecule has 0 aliphatic carbocycles. The van der Waals surface area contributed by atoms with Crippen molar-refractivity contribution in [3.05, 3.63) is 12.2 Å². The summed E-state index contributed by atoms with van der Waals surface area (Å²) in [7, 11) is 1.77. The first kappa shape index (κ1) is 22.1. The van der Waals surface area contributed by atoms with Crippen LogP contribution >= 0.6 is 24.0 Å². The van der Waals surface area contributed by atoms with Crippen molar-refractivity contribution in [1.82, 2.24) is 25.4 Å². The fraction of sp³-hybridized carbons (Fsp3) is 0.812. The Bertz CT molecular complexity index is 491. The van der Waals surface area contributed by atoms with Crippen LogP contribution in [0.3, 0.4) is 0 Å². The third-order valence-electron chi connectivity index (χ3n) is 4.13. The fourth-order valence-electron chi connectivity index (χ4n) is 2.61. The summed E-state index contributed by atoms with van der Waals surface area (Å²) in [5.74, 6) is 2.34. The van der Waals surface area contributed by atoms with Crippen molar-refractivity contribution in [3.63, 3.8) is 0 Å². The van der Waals surface area contributed by atoms with E-state index in [0.29, 0.717) is 12.5 Å². The lowest BCUT2D eigenvalue weighted by Crippen LogP contribution is -2.38. The molecule has 0 radical (unpaired) electrons. The largest absolute Gasteiger partial charge is 0.381 e. The average molecular weight is 466 g/mol. The van der Waals surface area contributed by atoms with E-state index in [9.17, 15) is 0 Å². The van der Waals surface area contributed by atoms with Crippen LogP contribution in [0.1, 0.15) is 32.0 Å². The number of aliphatic imine (C=N–C) groups is 1. The van der Waals surface area contributed by atoms with Crippen LogP contribution < -0.4 is 10.6 Å². The molecule has 0 saturated carbocycles. The number of rotatable bonds is 9. The molecule has 9 heteroatoms. The monoisotopic (exact) mass is 466 g/mol. The van der Waals surface area contributed by atoms with E-state index in [-0.39, 0.29) is 24.0 Å². The van der Waals surface area contributed by atoms with E-state index in [0.717, 1.165) is 70.6 Å². The Kier molecular flexibility index (Phi) is 11.7. The van der Waals surface area contributed by atoms with Crippen LogP contribution in [0.4, 0.5) is 0 Å². The molecule has 1 saturated heterocycles. The number of aryl methyl sites for hydroxylation is 1. The lowest BCUT2D eigenvalue weighted by atomic mass is 10.0. The minimum Gasteiger partial charge on any atom is -0.381 e. The molecule has 0 amide bonds. The first-order valence-electron chi connectivity index (χ1n) is 8.80. The Morgan fingerprint density at radius 3 is 2.92 bits per heavy atom. The zero-order chi connectivity index (χ0) is 17.0. The third-order valence-corrected chi connectivity index (χ3v) is 4.13. The van der Waals surface area contributed by atoms with Gasteiger partial charge in [0.1, 0.15) is 6.33 Å². The van der Waals surface area contributed by atoms with Gasteiger partial charge in [-0.2, -0.15) is 0 Å². The summed E-state index contributed by atoms with van der Waals surface area (Å²) in [4.78, 5) is 4.22. The number of hydrogen-bond acceptors (Lipinski definition) is 5. The lowest BCUT2D eigenvalue weighted by molar-refractivity contribution is 0.0203. The van der Waals surface area contributed by atoms with E-state index < -0.39 is 0 Å². The molecule has 2 heterocycles. The molecule has 0 spiro atoms. The van der Waals surface area contributed by atoms with Crippen LogP contribution in [-0.2, 0) is 22.6 Å². The minimum absolute atomic E-state index is 0. The lowest BCUT2D eigenvalue weighted by Gasteiger charge is -2.21. The van der Waals surface area contributed by atoms with Crippen LogP contribution in [0, 0.1) is 5.92 Å². The SMILES string of the molecule is CCn1cnnc1CNC(=NC)NCCCOCC1CCOCC1.I. The van der Waals surface area contributed by atoms with Gasteiger partial charge in [-0.1, -0.05) is 0 Å². The highest BCUT2D eigenvalue weighted by molar-refractivity contribution is 14.0. The van der Waals surface area contributed by atoms with Crippen LogP contribution in [0.15, 0.2) is 11.3 Å². The summed E-state index contributed by atoms with van der Waals surface area (Å²) in [5, 5.41) is 14.6. The van der Waals surface area contributed by atoms with Crippen LogP contribution in [-0.4, -0.2) is 60.7 Å². The number of halogens is 1. The molecule has 0 bridgehead atoms.